The number of nitrogens with zero attached hydrogens (tertiary/aromatic N) is 1. The lowest BCUT2D eigenvalue weighted by Gasteiger charge is -2.39. The van der Waals surface area contributed by atoms with Crippen LogP contribution in [0.5, 0.6) is 0 Å². The van der Waals surface area contributed by atoms with E-state index in [0.29, 0.717) is 12.1 Å². The average Bonchev–Trinajstić information content (AvgIpc) is 2.35. The number of rotatable bonds is 3. The van der Waals surface area contributed by atoms with E-state index in [0.717, 1.165) is 6.54 Å². The second kappa shape index (κ2) is 6.02. The topological polar surface area (TPSA) is 3.24 Å². The van der Waals surface area contributed by atoms with Crippen LogP contribution in [0.3, 0.4) is 0 Å². The summed E-state index contributed by atoms with van der Waals surface area (Å²) < 4.78 is 0. The van der Waals surface area contributed by atoms with Crippen LogP contribution in [-0.4, -0.2) is 17.0 Å². The highest BCUT2D eigenvalue weighted by molar-refractivity contribution is 5.15. The molecule has 0 unspecified atom stereocenters. The Morgan fingerprint density at radius 2 is 2.00 bits per heavy atom. The number of benzene rings is 1. The molecule has 1 aliphatic rings. The average molecular weight is 229 g/mol. The Labute approximate surface area is 105 Å². The highest BCUT2D eigenvalue weighted by Gasteiger charge is 2.25. The van der Waals surface area contributed by atoms with Crippen molar-refractivity contribution in [3.63, 3.8) is 0 Å². The molecule has 0 aromatic heterocycles. The van der Waals surface area contributed by atoms with E-state index < -0.39 is 0 Å². The molecule has 92 valence electrons. The van der Waals surface area contributed by atoms with Gasteiger partial charge in [-0.3, -0.25) is 4.90 Å². The molecule has 1 fully saturated rings. The van der Waals surface area contributed by atoms with Crippen LogP contribution >= 0.6 is 0 Å². The van der Waals surface area contributed by atoms with Crippen LogP contribution in [0.1, 0.15) is 38.7 Å². The Morgan fingerprint density at radius 3 is 2.71 bits per heavy atom. The van der Waals surface area contributed by atoms with Gasteiger partial charge in [0.2, 0.25) is 0 Å². The monoisotopic (exact) mass is 229 g/mol. The summed E-state index contributed by atoms with van der Waals surface area (Å²) in [5.74, 6) is 0. The maximum absolute atomic E-state index is 2.64. The van der Waals surface area contributed by atoms with Gasteiger partial charge in [-0.15, -0.1) is 0 Å². The van der Waals surface area contributed by atoms with Gasteiger partial charge in [-0.25, -0.2) is 0 Å². The van der Waals surface area contributed by atoms with Crippen LogP contribution in [0, 0.1) is 0 Å². The largest absolute Gasteiger partial charge is 0.290 e. The van der Waals surface area contributed by atoms with Gasteiger partial charge >= 0.3 is 0 Å². The molecule has 1 heteroatoms. The molecule has 0 N–H and O–H groups in total. The normalized spacial score (nSPS) is 26.5. The minimum absolute atomic E-state index is 0.629. The molecule has 2 rings (SSSR count). The van der Waals surface area contributed by atoms with Crippen molar-refractivity contribution in [2.24, 2.45) is 0 Å². The molecule has 0 radical (unpaired) electrons. The second-order valence-corrected chi connectivity index (χ2v) is 5.03. The van der Waals surface area contributed by atoms with Crippen LogP contribution in [0.2, 0.25) is 0 Å². The van der Waals surface area contributed by atoms with Gasteiger partial charge in [0.15, 0.2) is 0 Å². The van der Waals surface area contributed by atoms with Crippen molar-refractivity contribution < 1.29 is 0 Å². The van der Waals surface area contributed by atoms with Crippen molar-refractivity contribution in [1.82, 2.24) is 4.90 Å². The van der Waals surface area contributed by atoms with Crippen molar-refractivity contribution >= 4 is 0 Å². The lowest BCUT2D eigenvalue weighted by Crippen LogP contribution is -2.43. The fraction of sp³-hybridized carbons (Fsp3) is 0.500. The highest BCUT2D eigenvalue weighted by atomic mass is 15.2. The molecule has 1 aromatic carbocycles. The van der Waals surface area contributed by atoms with Gasteiger partial charge in [0.25, 0.3) is 0 Å². The summed E-state index contributed by atoms with van der Waals surface area (Å²) in [6.45, 7) is 5.57. The van der Waals surface area contributed by atoms with Gasteiger partial charge in [-0.2, -0.15) is 0 Å². The summed E-state index contributed by atoms with van der Waals surface area (Å²) in [4.78, 5) is 2.64. The zero-order valence-corrected chi connectivity index (χ0v) is 11.0. The Balaban J connectivity index is 2.09. The summed E-state index contributed by atoms with van der Waals surface area (Å²) in [5.41, 5.74) is 1.43. The van der Waals surface area contributed by atoms with Crippen molar-refractivity contribution in [3.05, 3.63) is 48.0 Å². The Bertz CT molecular complexity index is 355. The van der Waals surface area contributed by atoms with E-state index in [1.54, 1.807) is 0 Å². The maximum atomic E-state index is 2.64. The van der Waals surface area contributed by atoms with Gasteiger partial charge < -0.3 is 0 Å². The first-order chi connectivity index (χ1) is 8.31. The van der Waals surface area contributed by atoms with E-state index in [9.17, 15) is 0 Å². The molecule has 1 aliphatic heterocycles. The molecular formula is C16H23N. The minimum Gasteiger partial charge on any atom is -0.290 e. The fourth-order valence-electron chi connectivity index (χ4n) is 2.78. The van der Waals surface area contributed by atoms with E-state index in [2.05, 4.69) is 61.2 Å². The smallest absolute Gasteiger partial charge is 0.0284 e. The molecular weight excluding hydrogens is 206 g/mol. The standard InChI is InChI=1S/C16H23N/c1-3-8-16-12-7-9-14(2)17(16)13-15-10-5-4-6-11-15/h3-6,8,10-11,14,16H,7,9,12-13H2,1-2H3/b8-3-/t14-,16+/m1/s1. The Morgan fingerprint density at radius 1 is 1.24 bits per heavy atom. The molecule has 0 amide bonds. The van der Waals surface area contributed by atoms with E-state index >= 15 is 0 Å². The lowest BCUT2D eigenvalue weighted by molar-refractivity contribution is 0.111. The van der Waals surface area contributed by atoms with E-state index in [1.165, 1.54) is 24.8 Å². The zero-order valence-electron chi connectivity index (χ0n) is 11.0. The van der Waals surface area contributed by atoms with Crippen LogP contribution in [0.4, 0.5) is 0 Å². The first kappa shape index (κ1) is 12.4. The molecule has 1 aromatic rings. The highest BCUT2D eigenvalue weighted by Crippen LogP contribution is 2.25. The number of hydrogen-bond donors (Lipinski definition) is 0. The van der Waals surface area contributed by atoms with Crippen LogP contribution < -0.4 is 0 Å². The van der Waals surface area contributed by atoms with E-state index in [4.69, 9.17) is 0 Å². The molecule has 17 heavy (non-hydrogen) atoms. The first-order valence-corrected chi connectivity index (χ1v) is 6.73. The number of likely N-dealkylation sites (tertiary alicyclic amines) is 1. The number of allylic oxidation sites excluding steroid dienone is 1. The lowest BCUT2D eigenvalue weighted by atomic mass is 9.95. The maximum Gasteiger partial charge on any atom is 0.0284 e. The summed E-state index contributed by atoms with van der Waals surface area (Å²) in [6.07, 6.45) is 8.56. The third-order valence-electron chi connectivity index (χ3n) is 3.74. The van der Waals surface area contributed by atoms with Crippen LogP contribution in [-0.2, 0) is 6.54 Å². The van der Waals surface area contributed by atoms with Gasteiger partial charge in [0.1, 0.15) is 0 Å². The zero-order chi connectivity index (χ0) is 12.1. The van der Waals surface area contributed by atoms with Crippen LogP contribution in [0.15, 0.2) is 42.5 Å². The predicted octanol–water partition coefficient (Wildman–Crippen LogP) is 4.01. The number of hydrogen-bond acceptors (Lipinski definition) is 1. The molecule has 2 atom stereocenters. The van der Waals surface area contributed by atoms with Crippen LogP contribution in [0.25, 0.3) is 0 Å². The minimum atomic E-state index is 0.629. The summed E-state index contributed by atoms with van der Waals surface area (Å²) in [7, 11) is 0. The molecule has 0 bridgehead atoms. The molecule has 0 spiro atoms. The van der Waals surface area contributed by atoms with Crippen molar-refractivity contribution in [2.45, 2.75) is 51.7 Å². The Kier molecular flexibility index (Phi) is 4.38. The van der Waals surface area contributed by atoms with E-state index in [-0.39, 0.29) is 0 Å². The first-order valence-electron chi connectivity index (χ1n) is 6.73. The number of piperidine rings is 1. The van der Waals surface area contributed by atoms with Gasteiger partial charge in [-0.05, 0) is 32.3 Å². The Hall–Kier alpha value is -1.08. The summed E-state index contributed by atoms with van der Waals surface area (Å²) in [5, 5.41) is 0. The van der Waals surface area contributed by atoms with Crippen molar-refractivity contribution in [2.75, 3.05) is 0 Å². The molecule has 1 nitrogen and oxygen atoms in total. The molecule has 0 aliphatic carbocycles. The summed E-state index contributed by atoms with van der Waals surface area (Å²) in [6, 6.07) is 12.1. The van der Waals surface area contributed by atoms with Gasteiger partial charge in [0.05, 0.1) is 0 Å². The SMILES string of the molecule is C/C=C\[C@H]1CCC[C@@H](C)N1Cc1ccccc1. The van der Waals surface area contributed by atoms with Gasteiger partial charge in [-0.1, -0.05) is 48.9 Å². The van der Waals surface area contributed by atoms with E-state index in [1.807, 2.05) is 0 Å². The predicted molar refractivity (Wildman–Crippen MR) is 73.9 cm³/mol. The third-order valence-corrected chi connectivity index (χ3v) is 3.74. The van der Waals surface area contributed by atoms with Crippen molar-refractivity contribution in [3.8, 4) is 0 Å². The van der Waals surface area contributed by atoms with Gasteiger partial charge in [0, 0.05) is 18.6 Å². The molecule has 0 saturated carbocycles. The second-order valence-electron chi connectivity index (χ2n) is 5.03. The molecule has 1 saturated heterocycles. The quantitative estimate of drug-likeness (QED) is 0.708. The fourth-order valence-corrected chi connectivity index (χ4v) is 2.78. The van der Waals surface area contributed by atoms with Crippen molar-refractivity contribution in [1.29, 1.82) is 0 Å². The summed E-state index contributed by atoms with van der Waals surface area (Å²) >= 11 is 0. The third kappa shape index (κ3) is 3.19. The molecule has 1 heterocycles.